The van der Waals surface area contributed by atoms with E-state index in [0.717, 1.165) is 0 Å². The van der Waals surface area contributed by atoms with Crippen molar-refractivity contribution < 1.29 is 42.9 Å². The lowest BCUT2D eigenvalue weighted by molar-refractivity contribution is -0.128. The second-order valence-corrected chi connectivity index (χ2v) is 7.79. The van der Waals surface area contributed by atoms with Crippen LogP contribution in [0.2, 0.25) is 10.0 Å². The Morgan fingerprint density at radius 2 is 1.44 bits per heavy atom. The number of rotatable bonds is 4. The summed E-state index contributed by atoms with van der Waals surface area (Å²) in [6.07, 6.45) is -4.18. The molecule has 0 bridgehead atoms. The first-order valence-electron chi connectivity index (χ1n) is 10.1. The van der Waals surface area contributed by atoms with Gasteiger partial charge in [0.1, 0.15) is 11.5 Å². The Morgan fingerprint density at radius 1 is 0.917 bits per heavy atom. The molecule has 14 heteroatoms. The molecule has 2 saturated heterocycles. The highest BCUT2D eigenvalue weighted by molar-refractivity contribution is 6.32. The van der Waals surface area contributed by atoms with Crippen molar-refractivity contribution in [2.24, 2.45) is 0 Å². The number of halogens is 2. The molecule has 2 atom stereocenters. The van der Waals surface area contributed by atoms with Gasteiger partial charge >= 0.3 is 18.2 Å². The Kier molecular flexibility index (Phi) is 8.22. The molecule has 0 saturated carbocycles. The Labute approximate surface area is 214 Å². The van der Waals surface area contributed by atoms with Crippen molar-refractivity contribution >= 4 is 53.2 Å². The molecule has 2 aromatic rings. The Balaban J connectivity index is 0.000000205. The molecule has 0 aliphatic carbocycles. The van der Waals surface area contributed by atoms with E-state index in [1.165, 1.54) is 27.3 Å². The van der Waals surface area contributed by atoms with Gasteiger partial charge in [-0.3, -0.25) is 14.9 Å². The van der Waals surface area contributed by atoms with Crippen molar-refractivity contribution in [3.8, 4) is 11.5 Å². The van der Waals surface area contributed by atoms with Crippen LogP contribution < -0.4 is 20.1 Å². The monoisotopic (exact) mass is 539 g/mol. The van der Waals surface area contributed by atoms with Gasteiger partial charge in [-0.15, -0.1) is 0 Å². The highest BCUT2D eigenvalue weighted by Gasteiger charge is 2.47. The lowest BCUT2D eigenvalue weighted by atomic mass is 10.1. The molecule has 2 heterocycles. The summed E-state index contributed by atoms with van der Waals surface area (Å²) in [5.74, 6) is -0.665. The number of methoxy groups -OCH3 is 2. The molecule has 6 amide bonds. The van der Waals surface area contributed by atoms with E-state index in [1.807, 2.05) is 5.32 Å². The molecular formula is C22H19Cl2N3O9. The number of imide groups is 4. The van der Waals surface area contributed by atoms with Crippen molar-refractivity contribution in [2.75, 3.05) is 21.3 Å². The number of amides is 6. The lowest BCUT2D eigenvalue weighted by Crippen LogP contribution is -2.41. The molecule has 2 aromatic carbocycles. The minimum Gasteiger partial charge on any atom is -0.496 e. The number of nitrogens with zero attached hydrogens (tertiary/aromatic N) is 1. The fourth-order valence-corrected chi connectivity index (χ4v) is 3.86. The van der Waals surface area contributed by atoms with E-state index in [-0.39, 0.29) is 10.6 Å². The predicted molar refractivity (Wildman–Crippen MR) is 124 cm³/mol. The van der Waals surface area contributed by atoms with E-state index in [0.29, 0.717) is 27.0 Å². The number of alkyl carbamates (subject to hydrolysis) is 1. The van der Waals surface area contributed by atoms with Crippen LogP contribution in [0.3, 0.4) is 0 Å². The molecule has 0 aromatic heterocycles. The zero-order valence-electron chi connectivity index (χ0n) is 19.0. The summed E-state index contributed by atoms with van der Waals surface area (Å²) in [7, 11) is 4.14. The lowest BCUT2D eigenvalue weighted by Gasteiger charge is -2.13. The number of carbonyl (C=O) groups is 5. The largest absolute Gasteiger partial charge is 0.496 e. The number of carbonyl (C=O) groups excluding carboxylic acids is 5. The number of cyclic esters (lactones) is 2. The van der Waals surface area contributed by atoms with Crippen molar-refractivity contribution in [1.82, 2.24) is 15.5 Å². The molecule has 4 rings (SSSR count). The number of urea groups is 1. The van der Waals surface area contributed by atoms with E-state index < -0.39 is 42.2 Å². The van der Waals surface area contributed by atoms with Gasteiger partial charge in [-0.2, -0.15) is 4.90 Å². The third kappa shape index (κ3) is 5.14. The molecule has 2 N–H and O–H groups in total. The van der Waals surface area contributed by atoms with Gasteiger partial charge in [-0.05, 0) is 24.3 Å². The predicted octanol–water partition coefficient (Wildman–Crippen LogP) is 3.36. The van der Waals surface area contributed by atoms with E-state index in [2.05, 4.69) is 5.32 Å². The standard InChI is InChI=1S/C12H11ClN2O5.C10H8ClNO4/c1-14-11(17)15-10(16)9(20-12(15)18)8-6(13)4-3-5-7(8)19-2;1-15-6-4-2-3-5(11)7(6)8-9(13)12-10(14)16-8/h3-5,9H,1-2H3,(H,14,17);2-4,8H,1H3,(H,12,13,14). The second-order valence-electron chi connectivity index (χ2n) is 6.98. The highest BCUT2D eigenvalue weighted by atomic mass is 35.5. The van der Waals surface area contributed by atoms with Crippen LogP contribution in [0.1, 0.15) is 23.3 Å². The van der Waals surface area contributed by atoms with Gasteiger partial charge in [0.25, 0.3) is 11.8 Å². The molecule has 2 unspecified atom stereocenters. The number of hydrogen-bond donors (Lipinski definition) is 2. The first kappa shape index (κ1) is 26.6. The summed E-state index contributed by atoms with van der Waals surface area (Å²) < 4.78 is 19.9. The van der Waals surface area contributed by atoms with Gasteiger partial charge < -0.3 is 24.3 Å². The van der Waals surface area contributed by atoms with E-state index in [1.54, 1.807) is 30.3 Å². The van der Waals surface area contributed by atoms with Crippen molar-refractivity contribution in [3.63, 3.8) is 0 Å². The maximum atomic E-state index is 12.1. The van der Waals surface area contributed by atoms with Crippen LogP contribution in [0.25, 0.3) is 0 Å². The molecule has 0 spiro atoms. The third-order valence-electron chi connectivity index (χ3n) is 4.94. The first-order chi connectivity index (χ1) is 17.1. The number of benzene rings is 2. The quantitative estimate of drug-likeness (QED) is 0.595. The van der Waals surface area contributed by atoms with Crippen LogP contribution in [0.4, 0.5) is 14.4 Å². The summed E-state index contributed by atoms with van der Waals surface area (Å²) in [5, 5.41) is 4.73. The maximum absolute atomic E-state index is 12.1. The number of ether oxygens (including phenoxy) is 4. The molecule has 2 aliphatic rings. The third-order valence-corrected chi connectivity index (χ3v) is 5.60. The highest BCUT2D eigenvalue weighted by Crippen LogP contribution is 2.38. The van der Waals surface area contributed by atoms with E-state index >= 15 is 0 Å². The van der Waals surface area contributed by atoms with E-state index in [9.17, 15) is 24.0 Å². The van der Waals surface area contributed by atoms with Gasteiger partial charge in [-0.1, -0.05) is 35.3 Å². The topological polar surface area (TPSA) is 150 Å². The molecule has 12 nitrogen and oxygen atoms in total. The fraction of sp³-hybridized carbons (Fsp3) is 0.227. The smallest absolute Gasteiger partial charge is 0.426 e. The van der Waals surface area contributed by atoms with Crippen LogP contribution in [0, 0.1) is 0 Å². The summed E-state index contributed by atoms with van der Waals surface area (Å²) in [4.78, 5) is 58.0. The fourth-order valence-electron chi connectivity index (χ4n) is 3.33. The Hall–Kier alpha value is -4.03. The summed E-state index contributed by atoms with van der Waals surface area (Å²) in [5.41, 5.74) is 0.566. The summed E-state index contributed by atoms with van der Waals surface area (Å²) >= 11 is 12.0. The Bertz CT molecular complexity index is 1240. The first-order valence-corrected chi connectivity index (χ1v) is 10.8. The van der Waals surface area contributed by atoms with Crippen molar-refractivity contribution in [1.29, 1.82) is 0 Å². The molecule has 36 heavy (non-hydrogen) atoms. The molecule has 2 fully saturated rings. The molecule has 2 aliphatic heterocycles. The van der Waals surface area contributed by atoms with Gasteiger partial charge in [0.15, 0.2) is 0 Å². The van der Waals surface area contributed by atoms with Crippen LogP contribution in [-0.2, 0) is 19.1 Å². The number of nitrogens with one attached hydrogen (secondary N) is 2. The van der Waals surface area contributed by atoms with Crippen molar-refractivity contribution in [2.45, 2.75) is 12.2 Å². The van der Waals surface area contributed by atoms with Gasteiger partial charge in [0, 0.05) is 7.05 Å². The minimum absolute atomic E-state index is 0.203. The average molecular weight is 540 g/mol. The Morgan fingerprint density at radius 3 is 1.89 bits per heavy atom. The minimum atomic E-state index is -1.30. The van der Waals surface area contributed by atoms with Crippen LogP contribution in [-0.4, -0.2) is 56.2 Å². The van der Waals surface area contributed by atoms with Crippen LogP contribution >= 0.6 is 23.2 Å². The van der Waals surface area contributed by atoms with Crippen molar-refractivity contribution in [3.05, 3.63) is 57.6 Å². The molecule has 190 valence electrons. The molecular weight excluding hydrogens is 521 g/mol. The zero-order chi connectivity index (χ0) is 26.6. The van der Waals surface area contributed by atoms with Crippen LogP contribution in [0.5, 0.6) is 11.5 Å². The number of hydrogen-bond acceptors (Lipinski definition) is 9. The summed E-state index contributed by atoms with van der Waals surface area (Å²) in [6.45, 7) is 0. The average Bonchev–Trinajstić information content (AvgIpc) is 3.34. The SMILES string of the molecule is CNC(=O)N1C(=O)OC(c2c(Cl)cccc2OC)C1=O.COc1cccc(Cl)c1C1OC(=O)NC1=O. The van der Waals surface area contributed by atoms with Gasteiger partial charge in [0.05, 0.1) is 35.4 Å². The van der Waals surface area contributed by atoms with E-state index in [4.69, 9.17) is 42.1 Å². The van der Waals surface area contributed by atoms with Gasteiger partial charge in [-0.25, -0.2) is 14.4 Å². The normalized spacial score (nSPS) is 18.5. The maximum Gasteiger partial charge on any atom is 0.426 e. The van der Waals surface area contributed by atoms with Crippen LogP contribution in [0.15, 0.2) is 36.4 Å². The van der Waals surface area contributed by atoms with Gasteiger partial charge in [0.2, 0.25) is 12.2 Å². The molecule has 0 radical (unpaired) electrons. The second kappa shape index (κ2) is 11.1. The zero-order valence-corrected chi connectivity index (χ0v) is 20.5. The summed E-state index contributed by atoms with van der Waals surface area (Å²) in [6, 6.07) is 8.78.